The highest BCUT2D eigenvalue weighted by Crippen LogP contribution is 2.25. The molecule has 0 heterocycles. The van der Waals surface area contributed by atoms with E-state index in [0.29, 0.717) is 30.1 Å². The van der Waals surface area contributed by atoms with Crippen LogP contribution in [0.25, 0.3) is 0 Å². The summed E-state index contributed by atoms with van der Waals surface area (Å²) in [5.74, 6) is 1.31. The normalized spacial score (nSPS) is 10.1. The van der Waals surface area contributed by atoms with Gasteiger partial charge in [-0.2, -0.15) is 0 Å². The van der Waals surface area contributed by atoms with Crippen molar-refractivity contribution in [1.82, 2.24) is 0 Å². The van der Waals surface area contributed by atoms with Gasteiger partial charge in [0, 0.05) is 6.42 Å². The summed E-state index contributed by atoms with van der Waals surface area (Å²) < 4.78 is 10.9. The van der Waals surface area contributed by atoms with Gasteiger partial charge >= 0.3 is 0 Å². The molecule has 0 bridgehead atoms. The van der Waals surface area contributed by atoms with Crippen molar-refractivity contribution in [2.45, 2.75) is 20.0 Å². The minimum atomic E-state index is 0.0482. The van der Waals surface area contributed by atoms with Crippen molar-refractivity contribution in [3.63, 3.8) is 0 Å². The smallest absolute Gasteiger partial charge is 0.166 e. The molecular formula is C17H18O3. The van der Waals surface area contributed by atoms with E-state index < -0.39 is 0 Å². The van der Waals surface area contributed by atoms with Gasteiger partial charge in [0.15, 0.2) is 5.78 Å². The largest absolute Gasteiger partial charge is 0.496 e. The average molecular weight is 270 g/mol. The molecule has 0 unspecified atom stereocenters. The summed E-state index contributed by atoms with van der Waals surface area (Å²) in [6.45, 7) is 2.31. The third-order valence-corrected chi connectivity index (χ3v) is 3.04. The maximum absolute atomic E-state index is 11.9. The Hall–Kier alpha value is -2.29. The number of hydrogen-bond donors (Lipinski definition) is 0. The number of ether oxygens (including phenoxy) is 2. The van der Waals surface area contributed by atoms with Gasteiger partial charge in [0.1, 0.15) is 18.1 Å². The lowest BCUT2D eigenvalue weighted by Crippen LogP contribution is -2.02. The van der Waals surface area contributed by atoms with Crippen LogP contribution in [-0.2, 0) is 6.61 Å². The van der Waals surface area contributed by atoms with Gasteiger partial charge in [-0.15, -0.1) is 0 Å². The van der Waals surface area contributed by atoms with Crippen LogP contribution in [0, 0.1) is 0 Å². The molecule has 2 aromatic rings. The van der Waals surface area contributed by atoms with Gasteiger partial charge in [0.2, 0.25) is 0 Å². The minimum absolute atomic E-state index is 0.0482. The molecule has 0 aliphatic carbocycles. The van der Waals surface area contributed by atoms with Crippen LogP contribution in [0.4, 0.5) is 0 Å². The molecule has 0 amide bonds. The summed E-state index contributed by atoms with van der Waals surface area (Å²) in [4.78, 5) is 11.9. The summed E-state index contributed by atoms with van der Waals surface area (Å²) >= 11 is 0. The first-order valence-electron chi connectivity index (χ1n) is 6.62. The van der Waals surface area contributed by atoms with Crippen molar-refractivity contribution in [2.24, 2.45) is 0 Å². The number of carbonyl (C=O) groups is 1. The molecule has 3 nitrogen and oxygen atoms in total. The molecular weight excluding hydrogens is 252 g/mol. The first-order valence-corrected chi connectivity index (χ1v) is 6.62. The van der Waals surface area contributed by atoms with Crippen LogP contribution < -0.4 is 9.47 Å². The first kappa shape index (κ1) is 14.1. The number of rotatable bonds is 6. The van der Waals surface area contributed by atoms with Crippen molar-refractivity contribution >= 4 is 5.78 Å². The Morgan fingerprint density at radius 3 is 2.50 bits per heavy atom. The van der Waals surface area contributed by atoms with Crippen LogP contribution in [-0.4, -0.2) is 12.9 Å². The Balaban J connectivity index is 2.14. The van der Waals surface area contributed by atoms with Crippen LogP contribution in [0.1, 0.15) is 29.3 Å². The molecule has 104 valence electrons. The number of Topliss-reactive ketones (excluding diaryl/α,β-unsaturated/α-hetero) is 1. The quantitative estimate of drug-likeness (QED) is 0.747. The number of methoxy groups -OCH3 is 1. The van der Waals surface area contributed by atoms with Gasteiger partial charge in [-0.1, -0.05) is 37.3 Å². The second-order valence-electron chi connectivity index (χ2n) is 4.41. The first-order chi connectivity index (χ1) is 9.74. The van der Waals surface area contributed by atoms with Gasteiger partial charge in [0.25, 0.3) is 0 Å². The number of carbonyl (C=O) groups excluding carboxylic acids is 1. The van der Waals surface area contributed by atoms with Crippen LogP contribution in [0.5, 0.6) is 11.5 Å². The molecule has 0 atom stereocenters. The fourth-order valence-corrected chi connectivity index (χ4v) is 1.93. The molecule has 20 heavy (non-hydrogen) atoms. The molecule has 0 spiro atoms. The number of benzene rings is 2. The van der Waals surface area contributed by atoms with E-state index in [9.17, 15) is 4.79 Å². The third kappa shape index (κ3) is 3.38. The van der Waals surface area contributed by atoms with Gasteiger partial charge in [-0.3, -0.25) is 4.79 Å². The van der Waals surface area contributed by atoms with Gasteiger partial charge in [0.05, 0.1) is 12.7 Å². The summed E-state index contributed by atoms with van der Waals surface area (Å²) in [5, 5.41) is 0. The molecule has 0 N–H and O–H groups in total. The van der Waals surface area contributed by atoms with Crippen molar-refractivity contribution in [3.05, 3.63) is 59.7 Å². The topological polar surface area (TPSA) is 35.5 Å². The Kier molecular flexibility index (Phi) is 4.77. The minimum Gasteiger partial charge on any atom is -0.496 e. The van der Waals surface area contributed by atoms with E-state index in [1.165, 1.54) is 0 Å². The van der Waals surface area contributed by atoms with E-state index in [0.717, 1.165) is 5.56 Å². The molecule has 2 rings (SSSR count). The fraction of sp³-hybridized carbons (Fsp3) is 0.235. The summed E-state index contributed by atoms with van der Waals surface area (Å²) in [7, 11) is 1.56. The molecule has 0 aromatic heterocycles. The lowest BCUT2D eigenvalue weighted by Gasteiger charge is -2.11. The summed E-state index contributed by atoms with van der Waals surface area (Å²) in [6, 6.07) is 15.2. The molecule has 0 saturated heterocycles. The zero-order valence-corrected chi connectivity index (χ0v) is 11.8. The maximum Gasteiger partial charge on any atom is 0.166 e. The SMILES string of the molecule is CCC(=O)c1cc(OCc2ccccc2)ccc1OC. The number of hydrogen-bond acceptors (Lipinski definition) is 3. The highest BCUT2D eigenvalue weighted by molar-refractivity contribution is 5.98. The van der Waals surface area contributed by atoms with E-state index in [2.05, 4.69) is 0 Å². The Morgan fingerprint density at radius 1 is 1.10 bits per heavy atom. The van der Waals surface area contributed by atoms with E-state index in [4.69, 9.17) is 9.47 Å². The van der Waals surface area contributed by atoms with Gasteiger partial charge in [-0.05, 0) is 23.8 Å². The second kappa shape index (κ2) is 6.75. The van der Waals surface area contributed by atoms with Gasteiger partial charge in [-0.25, -0.2) is 0 Å². The molecule has 0 saturated carbocycles. The van der Waals surface area contributed by atoms with Crippen LogP contribution in [0.2, 0.25) is 0 Å². The third-order valence-electron chi connectivity index (χ3n) is 3.04. The fourth-order valence-electron chi connectivity index (χ4n) is 1.93. The number of ketones is 1. The lowest BCUT2D eigenvalue weighted by molar-refractivity contribution is 0.0984. The molecule has 0 radical (unpaired) electrons. The molecule has 3 heteroatoms. The maximum atomic E-state index is 11.9. The molecule has 2 aromatic carbocycles. The van der Waals surface area contributed by atoms with Crippen molar-refractivity contribution < 1.29 is 14.3 Å². The van der Waals surface area contributed by atoms with Crippen LogP contribution in [0.3, 0.4) is 0 Å². The predicted molar refractivity (Wildman–Crippen MR) is 78.4 cm³/mol. The second-order valence-corrected chi connectivity index (χ2v) is 4.41. The van der Waals surface area contributed by atoms with Crippen molar-refractivity contribution in [2.75, 3.05) is 7.11 Å². The van der Waals surface area contributed by atoms with Crippen LogP contribution in [0.15, 0.2) is 48.5 Å². The Morgan fingerprint density at radius 2 is 1.85 bits per heavy atom. The monoisotopic (exact) mass is 270 g/mol. The highest BCUT2D eigenvalue weighted by Gasteiger charge is 2.11. The zero-order valence-electron chi connectivity index (χ0n) is 11.8. The van der Waals surface area contributed by atoms with E-state index >= 15 is 0 Å². The average Bonchev–Trinajstić information content (AvgIpc) is 2.52. The zero-order chi connectivity index (χ0) is 14.4. The van der Waals surface area contributed by atoms with E-state index in [1.807, 2.05) is 43.3 Å². The highest BCUT2D eigenvalue weighted by atomic mass is 16.5. The van der Waals surface area contributed by atoms with Crippen LogP contribution >= 0.6 is 0 Å². The lowest BCUT2D eigenvalue weighted by atomic mass is 10.1. The van der Waals surface area contributed by atoms with E-state index in [1.54, 1.807) is 19.2 Å². The van der Waals surface area contributed by atoms with E-state index in [-0.39, 0.29) is 5.78 Å². The van der Waals surface area contributed by atoms with Gasteiger partial charge < -0.3 is 9.47 Å². The molecule has 0 aliphatic heterocycles. The molecule has 0 aliphatic rings. The Bertz CT molecular complexity index is 576. The van der Waals surface area contributed by atoms with Crippen molar-refractivity contribution in [1.29, 1.82) is 0 Å². The Labute approximate surface area is 119 Å². The predicted octanol–water partition coefficient (Wildman–Crippen LogP) is 3.87. The standard InChI is InChI=1S/C17H18O3/c1-3-16(18)15-11-14(9-10-17(15)19-2)20-12-13-7-5-4-6-8-13/h4-11H,3,12H2,1-2H3. The summed E-state index contributed by atoms with van der Waals surface area (Å²) in [5.41, 5.74) is 1.66. The van der Waals surface area contributed by atoms with Crippen molar-refractivity contribution in [3.8, 4) is 11.5 Å². The summed E-state index contributed by atoms with van der Waals surface area (Å²) in [6.07, 6.45) is 0.443. The molecule has 0 fully saturated rings.